The number of nitrogens with zero attached hydrogens (tertiary/aromatic N) is 3. The van der Waals surface area contributed by atoms with Gasteiger partial charge in [0, 0.05) is 45.6 Å². The normalized spacial score (nSPS) is 14.4. The van der Waals surface area contributed by atoms with Crippen LogP contribution in [0, 0.1) is 5.92 Å². The minimum absolute atomic E-state index is 0. The smallest absolute Gasteiger partial charge is 0.191 e. The van der Waals surface area contributed by atoms with Gasteiger partial charge in [0.1, 0.15) is 5.82 Å². The maximum absolute atomic E-state index is 5.62. The molecule has 0 aromatic carbocycles. The van der Waals surface area contributed by atoms with Gasteiger partial charge in [-0.3, -0.25) is 0 Å². The van der Waals surface area contributed by atoms with E-state index in [0.29, 0.717) is 12.5 Å². The Labute approximate surface area is 181 Å². The fourth-order valence-corrected chi connectivity index (χ4v) is 2.89. The molecule has 27 heavy (non-hydrogen) atoms. The molecule has 0 atom stereocenters. The number of nitrogens with one attached hydrogen (secondary N) is 2. The highest BCUT2D eigenvalue weighted by molar-refractivity contribution is 14.0. The van der Waals surface area contributed by atoms with Gasteiger partial charge in [0.15, 0.2) is 5.96 Å². The van der Waals surface area contributed by atoms with Gasteiger partial charge in [0.2, 0.25) is 0 Å². The lowest BCUT2D eigenvalue weighted by Crippen LogP contribution is -2.38. The van der Waals surface area contributed by atoms with Crippen molar-refractivity contribution in [2.45, 2.75) is 46.6 Å². The fourth-order valence-electron chi connectivity index (χ4n) is 2.89. The Morgan fingerprint density at radius 2 is 2.07 bits per heavy atom. The number of aromatic nitrogens is 1. The van der Waals surface area contributed by atoms with Crippen LogP contribution in [0.25, 0.3) is 0 Å². The summed E-state index contributed by atoms with van der Waals surface area (Å²) in [5.41, 5.74) is 1.19. The van der Waals surface area contributed by atoms with Crippen LogP contribution in [-0.4, -0.2) is 50.3 Å². The number of pyridine rings is 1. The fraction of sp³-hybridized carbons (Fsp3) is 0.700. The van der Waals surface area contributed by atoms with Gasteiger partial charge < -0.3 is 20.3 Å². The second-order valence-electron chi connectivity index (χ2n) is 7.16. The first-order chi connectivity index (χ1) is 12.7. The van der Waals surface area contributed by atoms with Crippen LogP contribution in [0.1, 0.15) is 45.6 Å². The van der Waals surface area contributed by atoms with Crippen molar-refractivity contribution < 1.29 is 4.74 Å². The van der Waals surface area contributed by atoms with Crippen LogP contribution >= 0.6 is 24.0 Å². The number of aliphatic imine (C=N–C) groups is 1. The SMILES string of the molecule is CCNC(=NCc1ccnc(N2CCCC2)c1)NCCCOCC(C)C.I. The van der Waals surface area contributed by atoms with Gasteiger partial charge >= 0.3 is 0 Å². The van der Waals surface area contributed by atoms with Crippen molar-refractivity contribution >= 4 is 35.8 Å². The summed E-state index contributed by atoms with van der Waals surface area (Å²) in [6.45, 7) is 12.6. The summed E-state index contributed by atoms with van der Waals surface area (Å²) in [5.74, 6) is 2.53. The topological polar surface area (TPSA) is 61.8 Å². The average Bonchev–Trinajstić information content (AvgIpc) is 3.17. The molecule has 6 nitrogen and oxygen atoms in total. The molecule has 0 aliphatic carbocycles. The van der Waals surface area contributed by atoms with Gasteiger partial charge in [-0.2, -0.15) is 0 Å². The Kier molecular flexibility index (Phi) is 12.4. The number of rotatable bonds is 10. The molecular weight excluding hydrogens is 453 g/mol. The van der Waals surface area contributed by atoms with Crippen LogP contribution < -0.4 is 15.5 Å². The Morgan fingerprint density at radius 1 is 1.30 bits per heavy atom. The average molecular weight is 489 g/mol. The maximum atomic E-state index is 5.62. The molecule has 2 heterocycles. The van der Waals surface area contributed by atoms with E-state index >= 15 is 0 Å². The Bertz CT molecular complexity index is 547. The monoisotopic (exact) mass is 489 g/mol. The van der Waals surface area contributed by atoms with E-state index in [1.807, 2.05) is 12.3 Å². The molecule has 1 aliphatic rings. The quantitative estimate of drug-likeness (QED) is 0.228. The first kappa shape index (κ1) is 23.9. The highest BCUT2D eigenvalue weighted by Crippen LogP contribution is 2.18. The van der Waals surface area contributed by atoms with Crippen LogP contribution in [0.5, 0.6) is 0 Å². The summed E-state index contributed by atoms with van der Waals surface area (Å²) in [7, 11) is 0. The van der Waals surface area contributed by atoms with Crippen molar-refractivity contribution in [1.29, 1.82) is 0 Å². The van der Waals surface area contributed by atoms with Crippen molar-refractivity contribution in [2.24, 2.45) is 10.9 Å². The van der Waals surface area contributed by atoms with E-state index in [2.05, 4.69) is 47.4 Å². The third-order valence-corrected chi connectivity index (χ3v) is 4.21. The third-order valence-electron chi connectivity index (χ3n) is 4.21. The molecule has 7 heteroatoms. The summed E-state index contributed by atoms with van der Waals surface area (Å²) in [6.07, 6.45) is 5.40. The molecule has 154 valence electrons. The van der Waals surface area contributed by atoms with E-state index in [1.165, 1.54) is 18.4 Å². The minimum Gasteiger partial charge on any atom is -0.381 e. The standard InChI is InChI=1S/C20H35N5O.HI/c1-4-21-20(23-9-7-13-26-16-17(2)3)24-15-18-8-10-22-19(14-18)25-11-5-6-12-25;/h8,10,14,17H,4-7,9,11-13,15-16H2,1-3H3,(H2,21,23,24);1H. The number of guanidine groups is 1. The summed E-state index contributed by atoms with van der Waals surface area (Å²) in [5, 5.41) is 6.69. The highest BCUT2D eigenvalue weighted by Gasteiger charge is 2.13. The Morgan fingerprint density at radius 3 is 2.78 bits per heavy atom. The van der Waals surface area contributed by atoms with Crippen LogP contribution in [0.3, 0.4) is 0 Å². The van der Waals surface area contributed by atoms with Crippen LogP contribution in [0.2, 0.25) is 0 Å². The zero-order valence-corrected chi connectivity index (χ0v) is 19.4. The van der Waals surface area contributed by atoms with Gasteiger partial charge in [-0.15, -0.1) is 24.0 Å². The largest absolute Gasteiger partial charge is 0.381 e. The van der Waals surface area contributed by atoms with Gasteiger partial charge in [-0.1, -0.05) is 13.8 Å². The van der Waals surface area contributed by atoms with Crippen molar-refractivity contribution in [3.05, 3.63) is 23.9 Å². The molecule has 0 saturated carbocycles. The first-order valence-electron chi connectivity index (χ1n) is 9.99. The summed E-state index contributed by atoms with van der Waals surface area (Å²) >= 11 is 0. The first-order valence-corrected chi connectivity index (χ1v) is 9.99. The van der Waals surface area contributed by atoms with Crippen LogP contribution in [0.4, 0.5) is 5.82 Å². The van der Waals surface area contributed by atoms with Gasteiger partial charge in [-0.05, 0) is 49.8 Å². The molecule has 0 unspecified atom stereocenters. The number of anilines is 1. The second-order valence-corrected chi connectivity index (χ2v) is 7.16. The van der Waals surface area contributed by atoms with Crippen molar-refractivity contribution in [3.63, 3.8) is 0 Å². The van der Waals surface area contributed by atoms with E-state index in [1.54, 1.807) is 0 Å². The van der Waals surface area contributed by atoms with E-state index in [-0.39, 0.29) is 24.0 Å². The lowest BCUT2D eigenvalue weighted by molar-refractivity contribution is 0.108. The minimum atomic E-state index is 0. The second kappa shape index (κ2) is 14.0. The van der Waals surface area contributed by atoms with Gasteiger partial charge in [0.05, 0.1) is 6.54 Å². The molecule has 1 aromatic heterocycles. The summed E-state index contributed by atoms with van der Waals surface area (Å²) in [6, 6.07) is 4.21. The number of ether oxygens (including phenoxy) is 1. The molecule has 1 fully saturated rings. The Hall–Kier alpha value is -1.09. The van der Waals surface area contributed by atoms with E-state index in [9.17, 15) is 0 Å². The third kappa shape index (κ3) is 9.60. The van der Waals surface area contributed by atoms with Crippen LogP contribution in [0.15, 0.2) is 23.3 Å². The van der Waals surface area contributed by atoms with Crippen LogP contribution in [-0.2, 0) is 11.3 Å². The van der Waals surface area contributed by atoms with E-state index < -0.39 is 0 Å². The lowest BCUT2D eigenvalue weighted by atomic mass is 10.2. The zero-order valence-electron chi connectivity index (χ0n) is 17.0. The van der Waals surface area contributed by atoms with E-state index in [4.69, 9.17) is 9.73 Å². The van der Waals surface area contributed by atoms with Crippen molar-refractivity contribution in [1.82, 2.24) is 15.6 Å². The lowest BCUT2D eigenvalue weighted by Gasteiger charge is -2.16. The van der Waals surface area contributed by atoms with Crippen molar-refractivity contribution in [2.75, 3.05) is 44.3 Å². The molecule has 2 N–H and O–H groups in total. The molecule has 1 saturated heterocycles. The molecule has 0 bridgehead atoms. The van der Waals surface area contributed by atoms with Crippen molar-refractivity contribution in [3.8, 4) is 0 Å². The number of hydrogen-bond acceptors (Lipinski definition) is 4. The Balaban J connectivity index is 0.00000364. The zero-order chi connectivity index (χ0) is 18.6. The molecule has 1 aromatic rings. The molecule has 0 amide bonds. The van der Waals surface area contributed by atoms with E-state index in [0.717, 1.165) is 57.6 Å². The molecular formula is C20H36IN5O. The molecule has 2 rings (SSSR count). The highest BCUT2D eigenvalue weighted by atomic mass is 127. The number of hydrogen-bond donors (Lipinski definition) is 2. The predicted octanol–water partition coefficient (Wildman–Crippen LogP) is 3.42. The summed E-state index contributed by atoms with van der Waals surface area (Å²) < 4.78 is 5.62. The molecule has 0 radical (unpaired) electrons. The van der Waals surface area contributed by atoms with Gasteiger partial charge in [-0.25, -0.2) is 9.98 Å². The predicted molar refractivity (Wildman–Crippen MR) is 124 cm³/mol. The summed E-state index contributed by atoms with van der Waals surface area (Å²) in [4.78, 5) is 11.6. The molecule has 0 spiro atoms. The molecule has 1 aliphatic heterocycles. The number of halogens is 1. The van der Waals surface area contributed by atoms with Gasteiger partial charge in [0.25, 0.3) is 0 Å². The maximum Gasteiger partial charge on any atom is 0.191 e.